The molecule has 0 heterocycles. The van der Waals surface area contributed by atoms with Gasteiger partial charge in [0.05, 0.1) is 25.2 Å². The van der Waals surface area contributed by atoms with Crippen LogP contribution in [0.4, 0.5) is 0 Å². The van der Waals surface area contributed by atoms with Crippen LogP contribution in [0.15, 0.2) is 45.0 Å². The van der Waals surface area contributed by atoms with Crippen LogP contribution in [-0.2, 0) is 23.9 Å². The molecule has 29 heavy (non-hydrogen) atoms. The van der Waals surface area contributed by atoms with E-state index >= 15 is 0 Å². The Morgan fingerprint density at radius 2 is 1.76 bits per heavy atom. The van der Waals surface area contributed by atoms with Crippen molar-refractivity contribution in [3.8, 4) is 0 Å². The monoisotopic (exact) mass is 415 g/mol. The summed E-state index contributed by atoms with van der Waals surface area (Å²) in [5.74, 6) is -1.47. The van der Waals surface area contributed by atoms with Crippen molar-refractivity contribution in [1.29, 1.82) is 0 Å². The summed E-state index contributed by atoms with van der Waals surface area (Å²) >= 11 is 1.29. The van der Waals surface area contributed by atoms with Gasteiger partial charge >= 0.3 is 0 Å². The van der Waals surface area contributed by atoms with Crippen molar-refractivity contribution in [2.45, 2.75) is 30.7 Å². The maximum atomic E-state index is 13.2. The van der Waals surface area contributed by atoms with Gasteiger partial charge in [-0.3, -0.25) is 19.2 Å². The Balaban J connectivity index is 2.33. The summed E-state index contributed by atoms with van der Waals surface area (Å²) in [7, 11) is 2.61. The van der Waals surface area contributed by atoms with Crippen molar-refractivity contribution in [2.75, 3.05) is 20.5 Å². The number of allylic oxidation sites excluding steroid dienone is 2. The molecule has 0 radical (unpaired) electrons. The van der Waals surface area contributed by atoms with Gasteiger partial charge in [0.1, 0.15) is 0 Å². The van der Waals surface area contributed by atoms with E-state index in [-0.39, 0.29) is 34.8 Å². The molecule has 0 spiro atoms. The summed E-state index contributed by atoms with van der Waals surface area (Å²) in [5, 5.41) is 2.84. The third-order valence-corrected chi connectivity index (χ3v) is 5.77. The molecule has 7 nitrogen and oxygen atoms in total. The zero-order valence-electron chi connectivity index (χ0n) is 16.6. The first-order chi connectivity index (χ1) is 13.8. The van der Waals surface area contributed by atoms with Crippen LogP contribution in [0.3, 0.4) is 0 Å². The Morgan fingerprint density at radius 3 is 2.34 bits per heavy atom. The molecule has 1 amide bonds. The van der Waals surface area contributed by atoms with Crippen LogP contribution in [-0.4, -0.2) is 37.9 Å². The van der Waals surface area contributed by atoms with Crippen molar-refractivity contribution in [3.63, 3.8) is 0 Å². The van der Waals surface area contributed by atoms with Gasteiger partial charge in [0.25, 0.3) is 0 Å². The highest BCUT2D eigenvalue weighted by molar-refractivity contribution is 7.98. The molecule has 0 unspecified atom stereocenters. The molecule has 152 valence electrons. The lowest BCUT2D eigenvalue weighted by Crippen LogP contribution is -2.26. The quantitative estimate of drug-likeness (QED) is 0.594. The lowest BCUT2D eigenvalue weighted by molar-refractivity contribution is -0.120. The van der Waals surface area contributed by atoms with Crippen LogP contribution in [0.5, 0.6) is 0 Å². The molecule has 1 atom stereocenters. The Kier molecular flexibility index (Phi) is 5.93. The number of nitrogens with one attached hydrogen (secondary N) is 1. The third-order valence-electron chi connectivity index (χ3n) is 5.00. The fraction of sp³-hybridized carbons (Fsp3) is 0.333. The van der Waals surface area contributed by atoms with E-state index in [0.717, 1.165) is 0 Å². The Morgan fingerprint density at radius 1 is 1.10 bits per heavy atom. The van der Waals surface area contributed by atoms with Crippen LogP contribution in [0.25, 0.3) is 5.57 Å². The SMILES string of the molecule is COC1=C(OC)C(=O)C2=C(CC[C@H](NC(C)=O)c3cc(=O)c(SC)ccc32)C1=O. The third kappa shape index (κ3) is 3.60. The fourth-order valence-corrected chi connectivity index (χ4v) is 4.22. The van der Waals surface area contributed by atoms with Gasteiger partial charge < -0.3 is 14.8 Å². The van der Waals surface area contributed by atoms with Crippen molar-refractivity contribution >= 4 is 34.8 Å². The summed E-state index contributed by atoms with van der Waals surface area (Å²) in [6.07, 6.45) is 2.39. The predicted octanol–water partition coefficient (Wildman–Crippen LogP) is 2.15. The van der Waals surface area contributed by atoms with Crippen LogP contribution >= 0.6 is 11.8 Å². The van der Waals surface area contributed by atoms with Gasteiger partial charge in [-0.05, 0) is 42.4 Å². The standard InChI is InChI=1S/C21H21NO6S/c1-10(23)22-14-7-5-12-17(19(26)21(28-3)20(27-2)18(12)25)11-6-8-16(29-4)15(24)9-13(11)14/h6,8-9,14H,5,7H2,1-4H3,(H,22,23)/t14-/m0/s1. The molecule has 1 N–H and O–H groups in total. The Labute approximate surface area is 172 Å². The average molecular weight is 415 g/mol. The van der Waals surface area contributed by atoms with E-state index in [1.807, 2.05) is 0 Å². The minimum Gasteiger partial charge on any atom is -0.489 e. The van der Waals surface area contributed by atoms with E-state index < -0.39 is 17.6 Å². The highest BCUT2D eigenvalue weighted by Crippen LogP contribution is 2.41. The van der Waals surface area contributed by atoms with Crippen molar-refractivity contribution in [1.82, 2.24) is 5.32 Å². The number of hydrogen-bond donors (Lipinski definition) is 1. The predicted molar refractivity (Wildman–Crippen MR) is 108 cm³/mol. The zero-order chi connectivity index (χ0) is 21.3. The molecule has 0 saturated heterocycles. The maximum Gasteiger partial charge on any atom is 0.232 e. The van der Waals surface area contributed by atoms with Gasteiger partial charge in [0.15, 0.2) is 5.43 Å². The molecule has 0 bridgehead atoms. The fourth-order valence-electron chi connectivity index (χ4n) is 3.75. The topological polar surface area (TPSA) is 98.8 Å². The number of ketones is 2. The molecule has 8 heteroatoms. The van der Waals surface area contributed by atoms with Gasteiger partial charge in [-0.15, -0.1) is 11.8 Å². The van der Waals surface area contributed by atoms with Gasteiger partial charge in [-0.1, -0.05) is 6.07 Å². The number of thioether (sulfide) groups is 1. The number of amides is 1. The van der Waals surface area contributed by atoms with Crippen LogP contribution in [0, 0.1) is 0 Å². The van der Waals surface area contributed by atoms with Crippen molar-refractivity contribution in [2.24, 2.45) is 0 Å². The molecule has 3 rings (SSSR count). The van der Waals surface area contributed by atoms with Crippen LogP contribution in [0.1, 0.15) is 36.9 Å². The van der Waals surface area contributed by atoms with E-state index in [0.29, 0.717) is 28.0 Å². The molecular weight excluding hydrogens is 394 g/mol. The largest absolute Gasteiger partial charge is 0.489 e. The zero-order valence-corrected chi connectivity index (χ0v) is 17.4. The molecule has 1 aromatic carbocycles. The normalized spacial score (nSPS) is 18.7. The minimum atomic E-state index is -0.513. The number of fused-ring (bicyclic) bond motifs is 2. The summed E-state index contributed by atoms with van der Waals surface area (Å²) in [6, 6.07) is 4.22. The summed E-state index contributed by atoms with van der Waals surface area (Å²) < 4.78 is 10.3. The first kappa shape index (κ1) is 20.9. The van der Waals surface area contributed by atoms with Gasteiger partial charge in [0.2, 0.25) is 29.0 Å². The lowest BCUT2D eigenvalue weighted by Gasteiger charge is -2.21. The first-order valence-corrected chi connectivity index (χ1v) is 10.2. The van der Waals surface area contributed by atoms with Crippen molar-refractivity contribution < 1.29 is 23.9 Å². The van der Waals surface area contributed by atoms with E-state index in [9.17, 15) is 19.2 Å². The molecular formula is C21H21NO6S. The second kappa shape index (κ2) is 8.24. The van der Waals surface area contributed by atoms with Crippen LogP contribution in [0.2, 0.25) is 0 Å². The Hall–Kier alpha value is -2.87. The number of rotatable bonds is 4. The number of hydrogen-bond acceptors (Lipinski definition) is 7. The number of Topliss-reactive ketones (excluding diaryl/α,β-unsaturated/α-hetero) is 2. The van der Waals surface area contributed by atoms with Crippen molar-refractivity contribution in [3.05, 3.63) is 56.6 Å². The number of carbonyl (C=O) groups excluding carboxylic acids is 3. The van der Waals surface area contributed by atoms with Crippen LogP contribution < -0.4 is 10.7 Å². The molecule has 0 aliphatic heterocycles. The lowest BCUT2D eigenvalue weighted by atomic mass is 9.86. The highest BCUT2D eigenvalue weighted by Gasteiger charge is 2.40. The molecule has 0 fully saturated rings. The van der Waals surface area contributed by atoms with E-state index in [1.54, 1.807) is 18.4 Å². The maximum absolute atomic E-state index is 13.2. The number of ether oxygens (including phenoxy) is 2. The smallest absolute Gasteiger partial charge is 0.232 e. The number of methoxy groups -OCH3 is 2. The highest BCUT2D eigenvalue weighted by atomic mass is 32.2. The first-order valence-electron chi connectivity index (χ1n) is 8.98. The molecule has 2 aliphatic rings. The van der Waals surface area contributed by atoms with Gasteiger partial charge in [-0.25, -0.2) is 0 Å². The van der Waals surface area contributed by atoms with Gasteiger partial charge in [-0.2, -0.15) is 0 Å². The summed E-state index contributed by atoms with van der Waals surface area (Å²) in [4.78, 5) is 51.2. The number of carbonyl (C=O) groups is 3. The molecule has 0 aromatic heterocycles. The summed E-state index contributed by atoms with van der Waals surface area (Å²) in [5.41, 5.74) is 1.22. The summed E-state index contributed by atoms with van der Waals surface area (Å²) in [6.45, 7) is 1.39. The van der Waals surface area contributed by atoms with E-state index in [4.69, 9.17) is 9.47 Å². The second-order valence-corrected chi connectivity index (χ2v) is 7.50. The van der Waals surface area contributed by atoms with E-state index in [2.05, 4.69) is 5.32 Å². The molecule has 2 aliphatic carbocycles. The minimum absolute atomic E-state index is 0.134. The molecule has 0 saturated carbocycles. The van der Waals surface area contributed by atoms with E-state index in [1.165, 1.54) is 39.0 Å². The Bertz CT molecular complexity index is 1040. The average Bonchev–Trinajstić information content (AvgIpc) is 2.93. The second-order valence-electron chi connectivity index (χ2n) is 6.65. The van der Waals surface area contributed by atoms with Gasteiger partial charge in [0, 0.05) is 18.1 Å². The molecule has 1 aromatic rings.